The molecular formula is C17H17N3O6. The van der Waals surface area contributed by atoms with Crippen LogP contribution in [0.2, 0.25) is 0 Å². The van der Waals surface area contributed by atoms with E-state index in [4.69, 9.17) is 9.47 Å². The molecule has 2 aromatic rings. The molecule has 0 aliphatic rings. The number of carbonyl (C=O) groups is 1. The topological polar surface area (TPSA) is 112 Å². The average Bonchev–Trinajstić information content (AvgIpc) is 2.66. The third-order valence-electron chi connectivity index (χ3n) is 3.31. The number of hydrazone groups is 1. The number of hydrogen-bond acceptors (Lipinski definition) is 7. The Morgan fingerprint density at radius 3 is 2.69 bits per heavy atom. The second-order valence-electron chi connectivity index (χ2n) is 4.95. The van der Waals surface area contributed by atoms with Crippen LogP contribution in [0.5, 0.6) is 11.5 Å². The number of methoxy groups -OCH3 is 2. The van der Waals surface area contributed by atoms with Gasteiger partial charge in [-0.05, 0) is 29.8 Å². The largest absolute Gasteiger partial charge is 0.493 e. The van der Waals surface area contributed by atoms with E-state index >= 15 is 0 Å². The van der Waals surface area contributed by atoms with Gasteiger partial charge in [-0.15, -0.1) is 0 Å². The molecule has 0 unspecified atom stereocenters. The van der Waals surface area contributed by atoms with Crippen molar-refractivity contribution in [3.63, 3.8) is 0 Å². The summed E-state index contributed by atoms with van der Waals surface area (Å²) in [6.45, 7) is 0.0187. The van der Waals surface area contributed by atoms with Gasteiger partial charge in [0.05, 0.1) is 30.9 Å². The number of benzene rings is 2. The van der Waals surface area contributed by atoms with Crippen molar-refractivity contribution >= 4 is 18.0 Å². The fourth-order valence-corrected chi connectivity index (χ4v) is 2.06. The third kappa shape index (κ3) is 4.94. The van der Waals surface area contributed by atoms with Crippen LogP contribution >= 0.6 is 0 Å². The van der Waals surface area contributed by atoms with E-state index in [2.05, 4.69) is 15.3 Å². The second-order valence-corrected chi connectivity index (χ2v) is 4.95. The summed E-state index contributed by atoms with van der Waals surface area (Å²) in [7, 11) is 2.71. The van der Waals surface area contributed by atoms with E-state index in [0.717, 1.165) is 0 Å². The van der Waals surface area contributed by atoms with E-state index in [1.807, 2.05) is 0 Å². The van der Waals surface area contributed by atoms with Crippen LogP contribution in [-0.2, 0) is 11.3 Å². The van der Waals surface area contributed by atoms with Crippen molar-refractivity contribution in [3.05, 3.63) is 63.7 Å². The zero-order chi connectivity index (χ0) is 18.9. The first kappa shape index (κ1) is 18.7. The summed E-state index contributed by atoms with van der Waals surface area (Å²) in [6, 6.07) is 11.3. The van der Waals surface area contributed by atoms with Gasteiger partial charge in [0.15, 0.2) is 11.5 Å². The molecule has 0 saturated heterocycles. The lowest BCUT2D eigenvalue weighted by molar-refractivity contribution is -0.385. The van der Waals surface area contributed by atoms with Crippen LogP contribution in [0.4, 0.5) is 10.5 Å². The monoisotopic (exact) mass is 359 g/mol. The van der Waals surface area contributed by atoms with E-state index in [0.29, 0.717) is 22.6 Å². The second kappa shape index (κ2) is 9.02. The first-order valence-electron chi connectivity index (χ1n) is 7.45. The van der Waals surface area contributed by atoms with Gasteiger partial charge in [-0.2, -0.15) is 5.10 Å². The smallest absolute Gasteiger partial charge is 0.427 e. The molecule has 26 heavy (non-hydrogen) atoms. The molecule has 136 valence electrons. The van der Waals surface area contributed by atoms with Gasteiger partial charge >= 0.3 is 6.09 Å². The lowest BCUT2D eigenvalue weighted by Gasteiger charge is -2.11. The highest BCUT2D eigenvalue weighted by Gasteiger charge is 2.14. The van der Waals surface area contributed by atoms with Gasteiger partial charge < -0.3 is 14.2 Å². The Morgan fingerprint density at radius 2 is 2.00 bits per heavy atom. The van der Waals surface area contributed by atoms with Crippen LogP contribution in [-0.4, -0.2) is 31.5 Å². The van der Waals surface area contributed by atoms with Crippen LogP contribution in [0, 0.1) is 10.1 Å². The number of nitro groups is 1. The zero-order valence-corrected chi connectivity index (χ0v) is 14.2. The summed E-state index contributed by atoms with van der Waals surface area (Å²) in [5.41, 5.74) is 3.26. The van der Waals surface area contributed by atoms with Gasteiger partial charge in [-0.25, -0.2) is 10.2 Å². The minimum absolute atomic E-state index is 0.0101. The van der Waals surface area contributed by atoms with Crippen molar-refractivity contribution in [2.75, 3.05) is 14.2 Å². The quantitative estimate of drug-likeness (QED) is 0.462. The van der Waals surface area contributed by atoms with Crippen LogP contribution in [0.3, 0.4) is 0 Å². The summed E-state index contributed by atoms with van der Waals surface area (Å²) in [6.07, 6.45) is 0.725. The summed E-state index contributed by atoms with van der Waals surface area (Å²) < 4.78 is 15.3. The number of amides is 1. The maximum absolute atomic E-state index is 11.0. The molecule has 0 aromatic heterocycles. The summed E-state index contributed by atoms with van der Waals surface area (Å²) in [4.78, 5) is 21.5. The highest BCUT2D eigenvalue weighted by atomic mass is 16.6. The molecule has 9 nitrogen and oxygen atoms in total. The van der Waals surface area contributed by atoms with Gasteiger partial charge in [0.2, 0.25) is 0 Å². The lowest BCUT2D eigenvalue weighted by Crippen LogP contribution is -2.16. The molecule has 0 aliphatic heterocycles. The average molecular weight is 359 g/mol. The van der Waals surface area contributed by atoms with Crippen molar-refractivity contribution in [2.45, 2.75) is 6.61 Å². The Hall–Kier alpha value is -3.62. The van der Waals surface area contributed by atoms with Crippen LogP contribution in [0.1, 0.15) is 11.1 Å². The minimum atomic E-state index is -0.683. The van der Waals surface area contributed by atoms with Crippen molar-refractivity contribution in [3.8, 4) is 11.5 Å². The van der Waals surface area contributed by atoms with Gasteiger partial charge in [-0.1, -0.05) is 12.1 Å². The number of rotatable bonds is 7. The van der Waals surface area contributed by atoms with Crippen LogP contribution < -0.4 is 14.9 Å². The predicted molar refractivity (Wildman–Crippen MR) is 93.6 cm³/mol. The molecule has 1 N–H and O–H groups in total. The number of carbonyl (C=O) groups excluding carboxylic acids is 1. The summed E-state index contributed by atoms with van der Waals surface area (Å²) in [5.74, 6) is 0.842. The molecule has 0 aliphatic carbocycles. The van der Waals surface area contributed by atoms with Gasteiger partial charge in [-0.3, -0.25) is 10.1 Å². The van der Waals surface area contributed by atoms with Gasteiger partial charge in [0.25, 0.3) is 5.69 Å². The Kier molecular flexibility index (Phi) is 6.49. The predicted octanol–water partition coefficient (Wildman–Crippen LogP) is 2.87. The Labute approximate surface area is 149 Å². The minimum Gasteiger partial charge on any atom is -0.493 e. The van der Waals surface area contributed by atoms with Gasteiger partial charge in [0, 0.05) is 6.07 Å². The molecule has 0 atom stereocenters. The summed E-state index contributed by atoms with van der Waals surface area (Å²) in [5, 5.41) is 14.8. The van der Waals surface area contributed by atoms with Crippen molar-refractivity contribution in [1.29, 1.82) is 0 Å². The SMILES string of the molecule is COC(=O)NN=Cc1ccc(OCc2ccccc2[N+](=O)[O-])c(OC)c1. The normalized spacial score (nSPS) is 10.4. The van der Waals surface area contributed by atoms with Crippen molar-refractivity contribution < 1.29 is 23.9 Å². The molecule has 0 spiro atoms. The molecular weight excluding hydrogens is 342 g/mol. The first-order valence-corrected chi connectivity index (χ1v) is 7.45. The standard InChI is InChI=1S/C17H17N3O6/c1-24-16-9-12(10-18-19-17(21)25-2)7-8-15(16)26-11-13-5-3-4-6-14(13)20(22)23/h3-10H,11H2,1-2H3,(H,19,21). The number of para-hydroxylation sites is 1. The maximum Gasteiger partial charge on any atom is 0.427 e. The highest BCUT2D eigenvalue weighted by Crippen LogP contribution is 2.29. The molecule has 2 rings (SSSR count). The van der Waals surface area contributed by atoms with E-state index in [1.165, 1.54) is 26.5 Å². The van der Waals surface area contributed by atoms with Crippen molar-refractivity contribution in [2.24, 2.45) is 5.10 Å². The number of nitrogens with one attached hydrogen (secondary N) is 1. The van der Waals surface area contributed by atoms with Gasteiger partial charge in [0.1, 0.15) is 6.61 Å². The fourth-order valence-electron chi connectivity index (χ4n) is 2.06. The molecule has 0 radical (unpaired) electrons. The first-order chi connectivity index (χ1) is 12.5. The fraction of sp³-hybridized carbons (Fsp3) is 0.176. The Balaban J connectivity index is 2.11. The highest BCUT2D eigenvalue weighted by molar-refractivity contribution is 5.82. The Bertz CT molecular complexity index is 822. The lowest BCUT2D eigenvalue weighted by atomic mass is 10.2. The van der Waals surface area contributed by atoms with E-state index in [-0.39, 0.29) is 12.3 Å². The molecule has 0 bridgehead atoms. The number of nitro benzene ring substituents is 1. The molecule has 0 heterocycles. The molecule has 0 saturated carbocycles. The maximum atomic E-state index is 11.0. The van der Waals surface area contributed by atoms with Crippen LogP contribution in [0.15, 0.2) is 47.6 Å². The number of nitrogens with zero attached hydrogens (tertiary/aromatic N) is 2. The van der Waals surface area contributed by atoms with E-state index in [1.54, 1.807) is 36.4 Å². The molecule has 1 amide bonds. The van der Waals surface area contributed by atoms with E-state index in [9.17, 15) is 14.9 Å². The Morgan fingerprint density at radius 1 is 1.23 bits per heavy atom. The van der Waals surface area contributed by atoms with E-state index < -0.39 is 11.0 Å². The molecule has 0 fully saturated rings. The molecule has 2 aromatic carbocycles. The number of hydrogen-bond donors (Lipinski definition) is 1. The zero-order valence-electron chi connectivity index (χ0n) is 14.2. The molecule has 9 heteroatoms. The third-order valence-corrected chi connectivity index (χ3v) is 3.31. The summed E-state index contributed by atoms with van der Waals surface area (Å²) >= 11 is 0. The number of ether oxygens (including phenoxy) is 3. The van der Waals surface area contributed by atoms with Crippen LogP contribution in [0.25, 0.3) is 0 Å². The van der Waals surface area contributed by atoms with Crippen molar-refractivity contribution in [1.82, 2.24) is 5.43 Å².